The highest BCUT2D eigenvalue weighted by atomic mass is 16.2. The number of hydrogen-bond acceptors (Lipinski definition) is 3. The van der Waals surface area contributed by atoms with Gasteiger partial charge in [-0.05, 0) is 68.1 Å². The van der Waals surface area contributed by atoms with E-state index in [9.17, 15) is 9.59 Å². The van der Waals surface area contributed by atoms with Gasteiger partial charge in [-0.1, -0.05) is 37.3 Å². The zero-order valence-corrected chi connectivity index (χ0v) is 17.7. The van der Waals surface area contributed by atoms with Crippen LogP contribution in [0.25, 0.3) is 0 Å². The molecule has 0 saturated carbocycles. The molecule has 5 heteroatoms. The van der Waals surface area contributed by atoms with Crippen LogP contribution in [0.1, 0.15) is 54.6 Å². The first-order valence-electron chi connectivity index (χ1n) is 11.1. The second-order valence-corrected chi connectivity index (χ2v) is 8.55. The summed E-state index contributed by atoms with van der Waals surface area (Å²) >= 11 is 0. The Balaban J connectivity index is 1.41. The van der Waals surface area contributed by atoms with Gasteiger partial charge in [0.1, 0.15) is 0 Å². The summed E-state index contributed by atoms with van der Waals surface area (Å²) in [5, 5.41) is 3.14. The molecule has 1 unspecified atom stereocenters. The Morgan fingerprint density at radius 2 is 1.73 bits per heavy atom. The van der Waals surface area contributed by atoms with E-state index in [-0.39, 0.29) is 17.9 Å². The van der Waals surface area contributed by atoms with E-state index in [4.69, 9.17) is 0 Å². The number of rotatable bonds is 6. The Labute approximate surface area is 179 Å². The third-order valence-corrected chi connectivity index (χ3v) is 6.41. The molecule has 0 bridgehead atoms. The van der Waals surface area contributed by atoms with Gasteiger partial charge in [-0.25, -0.2) is 0 Å². The van der Waals surface area contributed by atoms with Gasteiger partial charge in [0, 0.05) is 30.8 Å². The van der Waals surface area contributed by atoms with Gasteiger partial charge in [0.15, 0.2) is 0 Å². The summed E-state index contributed by atoms with van der Waals surface area (Å²) in [7, 11) is 0. The Bertz CT molecular complexity index is 858. The molecule has 0 aromatic heterocycles. The van der Waals surface area contributed by atoms with Gasteiger partial charge < -0.3 is 10.2 Å². The molecule has 2 aromatic carbocycles. The van der Waals surface area contributed by atoms with Crippen LogP contribution in [-0.4, -0.2) is 42.9 Å². The van der Waals surface area contributed by atoms with Gasteiger partial charge >= 0.3 is 0 Å². The first-order chi connectivity index (χ1) is 14.6. The standard InChI is InChI=1S/C25H31N3O2/c1-19-13-16-27(17-14-19)23(20-6-3-2-4-7-20)18-26-25(30)21-9-11-22(12-10-21)28-15-5-8-24(28)29/h2-4,6-7,9-12,19,23H,5,8,13-18H2,1H3,(H,26,30). The number of nitrogens with zero attached hydrogens (tertiary/aromatic N) is 2. The molecular formula is C25H31N3O2. The predicted molar refractivity (Wildman–Crippen MR) is 120 cm³/mol. The molecule has 2 aliphatic heterocycles. The molecule has 2 fully saturated rings. The molecule has 2 aromatic rings. The Kier molecular flexibility index (Phi) is 6.48. The number of nitrogens with one attached hydrogen (secondary N) is 1. The van der Waals surface area contributed by atoms with Crippen molar-refractivity contribution >= 4 is 17.5 Å². The van der Waals surface area contributed by atoms with Gasteiger partial charge in [-0.15, -0.1) is 0 Å². The summed E-state index contributed by atoms with van der Waals surface area (Å²) in [6.45, 7) is 5.79. The largest absolute Gasteiger partial charge is 0.350 e. The average molecular weight is 406 g/mol. The zero-order chi connectivity index (χ0) is 20.9. The van der Waals surface area contributed by atoms with Crippen LogP contribution < -0.4 is 10.2 Å². The monoisotopic (exact) mass is 405 g/mol. The maximum atomic E-state index is 12.8. The molecule has 2 amide bonds. The number of carbonyl (C=O) groups is 2. The van der Waals surface area contributed by atoms with E-state index < -0.39 is 0 Å². The molecule has 1 N–H and O–H groups in total. The first-order valence-corrected chi connectivity index (χ1v) is 11.1. The average Bonchev–Trinajstić information content (AvgIpc) is 3.21. The van der Waals surface area contributed by atoms with Crippen LogP contribution in [-0.2, 0) is 4.79 Å². The minimum absolute atomic E-state index is 0.0689. The van der Waals surface area contributed by atoms with Crippen LogP contribution in [0.15, 0.2) is 54.6 Å². The summed E-state index contributed by atoms with van der Waals surface area (Å²) < 4.78 is 0. The minimum atomic E-state index is -0.0689. The fraction of sp³-hybridized carbons (Fsp3) is 0.440. The first kappa shape index (κ1) is 20.6. The maximum absolute atomic E-state index is 12.8. The normalized spacial score (nSPS) is 19.1. The van der Waals surface area contributed by atoms with Crippen LogP contribution in [0.2, 0.25) is 0 Å². The van der Waals surface area contributed by atoms with E-state index in [0.29, 0.717) is 18.5 Å². The molecule has 0 radical (unpaired) electrons. The predicted octanol–water partition coefficient (Wildman–Crippen LogP) is 4.02. The lowest BCUT2D eigenvalue weighted by molar-refractivity contribution is -0.117. The number of likely N-dealkylation sites (tertiary alicyclic amines) is 1. The second kappa shape index (κ2) is 9.43. The third kappa shape index (κ3) is 4.73. The molecule has 30 heavy (non-hydrogen) atoms. The number of anilines is 1. The number of amides is 2. The van der Waals surface area contributed by atoms with Gasteiger partial charge in [0.25, 0.3) is 5.91 Å². The summed E-state index contributed by atoms with van der Waals surface area (Å²) in [6.07, 6.45) is 3.91. The van der Waals surface area contributed by atoms with Crippen LogP contribution in [0.3, 0.4) is 0 Å². The molecule has 158 valence electrons. The molecular weight excluding hydrogens is 374 g/mol. The second-order valence-electron chi connectivity index (χ2n) is 8.55. The van der Waals surface area contributed by atoms with Crippen molar-refractivity contribution in [2.24, 2.45) is 5.92 Å². The van der Waals surface area contributed by atoms with Crippen molar-refractivity contribution in [3.63, 3.8) is 0 Å². The van der Waals surface area contributed by atoms with Crippen molar-refractivity contribution in [1.29, 1.82) is 0 Å². The molecule has 4 rings (SSSR count). The maximum Gasteiger partial charge on any atom is 0.251 e. The fourth-order valence-electron chi connectivity index (χ4n) is 4.48. The molecule has 2 heterocycles. The summed E-state index contributed by atoms with van der Waals surface area (Å²) in [5.41, 5.74) is 2.75. The highest BCUT2D eigenvalue weighted by molar-refractivity contribution is 5.97. The molecule has 5 nitrogen and oxygen atoms in total. The van der Waals surface area contributed by atoms with Crippen LogP contribution in [0.4, 0.5) is 5.69 Å². The van der Waals surface area contributed by atoms with Crippen molar-refractivity contribution in [2.75, 3.05) is 31.1 Å². The molecule has 0 aliphatic carbocycles. The number of hydrogen-bond donors (Lipinski definition) is 1. The lowest BCUT2D eigenvalue weighted by atomic mass is 9.95. The molecule has 1 atom stereocenters. The van der Waals surface area contributed by atoms with Gasteiger partial charge in [0.2, 0.25) is 5.91 Å². The summed E-state index contributed by atoms with van der Waals surface area (Å²) in [5.74, 6) is 0.864. The summed E-state index contributed by atoms with van der Waals surface area (Å²) in [4.78, 5) is 29.0. The van der Waals surface area contributed by atoms with E-state index in [1.165, 1.54) is 18.4 Å². The van der Waals surface area contributed by atoms with Gasteiger partial charge in [0.05, 0.1) is 6.04 Å². The Morgan fingerprint density at radius 3 is 2.37 bits per heavy atom. The highest BCUT2D eigenvalue weighted by Crippen LogP contribution is 2.26. The van der Waals surface area contributed by atoms with E-state index in [1.54, 1.807) is 4.90 Å². The minimum Gasteiger partial charge on any atom is -0.350 e. The Morgan fingerprint density at radius 1 is 1.03 bits per heavy atom. The van der Waals surface area contributed by atoms with Crippen molar-refractivity contribution in [3.05, 3.63) is 65.7 Å². The van der Waals surface area contributed by atoms with E-state index in [1.807, 2.05) is 30.3 Å². The van der Waals surface area contributed by atoms with Crippen LogP contribution >= 0.6 is 0 Å². The van der Waals surface area contributed by atoms with Crippen LogP contribution in [0, 0.1) is 5.92 Å². The number of benzene rings is 2. The smallest absolute Gasteiger partial charge is 0.251 e. The van der Waals surface area contributed by atoms with Gasteiger partial charge in [-0.2, -0.15) is 0 Å². The molecule has 0 spiro atoms. The lowest BCUT2D eigenvalue weighted by Crippen LogP contribution is -2.42. The lowest BCUT2D eigenvalue weighted by Gasteiger charge is -2.37. The fourth-order valence-corrected chi connectivity index (χ4v) is 4.48. The topological polar surface area (TPSA) is 52.7 Å². The zero-order valence-electron chi connectivity index (χ0n) is 17.7. The van der Waals surface area contributed by atoms with E-state index in [0.717, 1.165) is 37.7 Å². The van der Waals surface area contributed by atoms with E-state index in [2.05, 4.69) is 41.4 Å². The van der Waals surface area contributed by atoms with Crippen molar-refractivity contribution < 1.29 is 9.59 Å². The number of carbonyl (C=O) groups excluding carboxylic acids is 2. The third-order valence-electron chi connectivity index (χ3n) is 6.41. The van der Waals surface area contributed by atoms with Crippen LogP contribution in [0.5, 0.6) is 0 Å². The SMILES string of the molecule is CC1CCN(C(CNC(=O)c2ccc(N3CCCC3=O)cc2)c2ccccc2)CC1. The molecule has 2 saturated heterocycles. The number of piperidine rings is 1. The summed E-state index contributed by atoms with van der Waals surface area (Å²) in [6, 6.07) is 18.0. The van der Waals surface area contributed by atoms with E-state index >= 15 is 0 Å². The molecule has 2 aliphatic rings. The van der Waals surface area contributed by atoms with Crippen molar-refractivity contribution in [2.45, 2.75) is 38.6 Å². The quantitative estimate of drug-likeness (QED) is 0.790. The van der Waals surface area contributed by atoms with Crippen molar-refractivity contribution in [3.8, 4) is 0 Å². The highest BCUT2D eigenvalue weighted by Gasteiger charge is 2.25. The van der Waals surface area contributed by atoms with Gasteiger partial charge in [-0.3, -0.25) is 14.5 Å². The van der Waals surface area contributed by atoms with Crippen molar-refractivity contribution in [1.82, 2.24) is 10.2 Å². The Hall–Kier alpha value is -2.66.